The van der Waals surface area contributed by atoms with Crippen molar-refractivity contribution < 1.29 is 9.53 Å². The number of carbonyl (C=O) groups is 1. The summed E-state index contributed by atoms with van der Waals surface area (Å²) in [6.07, 6.45) is 5.32. The molecule has 0 bridgehead atoms. The molecule has 0 radical (unpaired) electrons. The van der Waals surface area contributed by atoms with Crippen molar-refractivity contribution in [2.24, 2.45) is 4.99 Å². The van der Waals surface area contributed by atoms with Crippen molar-refractivity contribution in [2.75, 3.05) is 0 Å². The fraction of sp³-hybridized carbons (Fsp3) is 0.0588. The van der Waals surface area contributed by atoms with Crippen LogP contribution in [0.4, 0.5) is 0 Å². The van der Waals surface area contributed by atoms with Gasteiger partial charge >= 0.3 is 5.97 Å². The van der Waals surface area contributed by atoms with E-state index in [1.54, 1.807) is 23.5 Å². The largest absolute Gasteiger partial charge is 0.403 e. The Labute approximate surface area is 126 Å². The van der Waals surface area contributed by atoms with Gasteiger partial charge in [-0.25, -0.2) is 9.79 Å². The van der Waals surface area contributed by atoms with E-state index >= 15 is 0 Å². The summed E-state index contributed by atoms with van der Waals surface area (Å²) in [5.74, 6) is -0.0877. The summed E-state index contributed by atoms with van der Waals surface area (Å²) in [6.45, 7) is 2.04. The summed E-state index contributed by atoms with van der Waals surface area (Å²) in [5.41, 5.74) is 2.58. The Morgan fingerprint density at radius 2 is 1.95 bits per heavy atom. The van der Waals surface area contributed by atoms with E-state index in [9.17, 15) is 4.79 Å². The molecule has 2 aromatic rings. The van der Waals surface area contributed by atoms with Crippen LogP contribution in [0.3, 0.4) is 0 Å². The zero-order valence-corrected chi connectivity index (χ0v) is 12.3. The molecular formula is C17H13NO2S. The van der Waals surface area contributed by atoms with E-state index in [2.05, 4.69) is 4.99 Å². The number of esters is 1. The second kappa shape index (κ2) is 5.89. The van der Waals surface area contributed by atoms with Gasteiger partial charge in [0.05, 0.1) is 0 Å². The van der Waals surface area contributed by atoms with Crippen LogP contribution in [-0.2, 0) is 9.53 Å². The third-order valence-electron chi connectivity index (χ3n) is 2.95. The molecule has 1 aliphatic rings. The molecule has 0 N–H and O–H groups in total. The minimum Gasteiger partial charge on any atom is -0.403 e. The number of aryl methyl sites for hydroxylation is 1. The molecule has 104 valence electrons. The predicted molar refractivity (Wildman–Crippen MR) is 86.0 cm³/mol. The number of benzene rings is 1. The van der Waals surface area contributed by atoms with Crippen LogP contribution in [0.2, 0.25) is 0 Å². The maximum atomic E-state index is 11.7. The van der Waals surface area contributed by atoms with Crippen LogP contribution >= 0.6 is 11.3 Å². The molecule has 3 rings (SSSR count). The first-order valence-electron chi connectivity index (χ1n) is 6.51. The summed E-state index contributed by atoms with van der Waals surface area (Å²) in [4.78, 5) is 16.9. The van der Waals surface area contributed by atoms with E-state index in [4.69, 9.17) is 4.74 Å². The van der Waals surface area contributed by atoms with Crippen molar-refractivity contribution in [1.82, 2.24) is 0 Å². The monoisotopic (exact) mass is 295 g/mol. The molecule has 2 heterocycles. The molecule has 0 saturated carbocycles. The van der Waals surface area contributed by atoms with E-state index in [0.717, 1.165) is 10.4 Å². The smallest absolute Gasteiger partial charge is 0.363 e. The Kier molecular flexibility index (Phi) is 3.79. The number of aliphatic imine (C=N–C) groups is 1. The van der Waals surface area contributed by atoms with E-state index in [1.165, 1.54) is 5.56 Å². The van der Waals surface area contributed by atoms with Gasteiger partial charge in [-0.1, -0.05) is 35.9 Å². The number of rotatable bonds is 3. The SMILES string of the molecule is Cc1ccc(C=CC2=NC(=Cc3cccs3)C(=O)O2)cc1. The maximum absolute atomic E-state index is 11.7. The molecule has 0 aliphatic carbocycles. The Morgan fingerprint density at radius 3 is 2.67 bits per heavy atom. The standard InChI is InChI=1S/C17H13NO2S/c1-12-4-6-13(7-5-12)8-9-16-18-15(17(19)20-16)11-14-3-2-10-21-14/h2-11H,1H3. The summed E-state index contributed by atoms with van der Waals surface area (Å²) in [6, 6.07) is 11.9. The molecular weight excluding hydrogens is 282 g/mol. The van der Waals surface area contributed by atoms with Crippen LogP contribution in [0.25, 0.3) is 12.2 Å². The number of hydrogen-bond donors (Lipinski definition) is 0. The quantitative estimate of drug-likeness (QED) is 0.632. The third-order valence-corrected chi connectivity index (χ3v) is 3.77. The Hall–Kier alpha value is -2.46. The fourth-order valence-corrected chi connectivity index (χ4v) is 2.50. The molecule has 0 unspecified atom stereocenters. The third kappa shape index (κ3) is 3.35. The van der Waals surface area contributed by atoms with Crippen LogP contribution in [-0.4, -0.2) is 11.9 Å². The summed E-state index contributed by atoms with van der Waals surface area (Å²) >= 11 is 1.55. The van der Waals surface area contributed by atoms with Gasteiger partial charge in [-0.2, -0.15) is 0 Å². The highest BCUT2D eigenvalue weighted by Crippen LogP contribution is 2.19. The summed E-state index contributed by atoms with van der Waals surface area (Å²) in [7, 11) is 0. The number of nitrogens with zero attached hydrogens (tertiary/aromatic N) is 1. The van der Waals surface area contributed by atoms with Gasteiger partial charge in [0, 0.05) is 11.0 Å². The van der Waals surface area contributed by atoms with Crippen LogP contribution in [0.15, 0.2) is 58.5 Å². The molecule has 3 nitrogen and oxygen atoms in total. The second-order valence-electron chi connectivity index (χ2n) is 4.63. The van der Waals surface area contributed by atoms with Crippen molar-refractivity contribution in [3.8, 4) is 0 Å². The van der Waals surface area contributed by atoms with Crippen LogP contribution in [0, 0.1) is 6.92 Å². The maximum Gasteiger partial charge on any atom is 0.363 e. The Morgan fingerprint density at radius 1 is 1.14 bits per heavy atom. The normalized spacial score (nSPS) is 16.5. The average molecular weight is 295 g/mol. The van der Waals surface area contributed by atoms with E-state index in [0.29, 0.717) is 11.6 Å². The average Bonchev–Trinajstić information content (AvgIpc) is 3.10. The van der Waals surface area contributed by atoms with Crippen molar-refractivity contribution in [3.63, 3.8) is 0 Å². The lowest BCUT2D eigenvalue weighted by molar-refractivity contribution is -0.129. The van der Waals surface area contributed by atoms with Gasteiger partial charge in [0.2, 0.25) is 5.90 Å². The lowest BCUT2D eigenvalue weighted by Crippen LogP contribution is -2.00. The summed E-state index contributed by atoms with van der Waals surface area (Å²) < 4.78 is 5.13. The molecule has 0 saturated heterocycles. The summed E-state index contributed by atoms with van der Waals surface area (Å²) in [5, 5.41) is 1.95. The van der Waals surface area contributed by atoms with Gasteiger partial charge in [-0.05, 0) is 36.1 Å². The highest BCUT2D eigenvalue weighted by atomic mass is 32.1. The molecule has 4 heteroatoms. The van der Waals surface area contributed by atoms with Gasteiger partial charge < -0.3 is 4.74 Å². The first-order valence-corrected chi connectivity index (χ1v) is 7.39. The predicted octanol–water partition coefficient (Wildman–Crippen LogP) is 4.07. The Balaban J connectivity index is 1.77. The van der Waals surface area contributed by atoms with Gasteiger partial charge in [0.1, 0.15) is 0 Å². The minimum absolute atomic E-state index is 0.323. The first kappa shape index (κ1) is 13.5. The van der Waals surface area contributed by atoms with E-state index in [-0.39, 0.29) is 0 Å². The van der Waals surface area contributed by atoms with Crippen LogP contribution in [0.1, 0.15) is 16.0 Å². The molecule has 0 atom stereocenters. The van der Waals surface area contributed by atoms with Crippen molar-refractivity contribution in [1.29, 1.82) is 0 Å². The number of ether oxygens (including phenoxy) is 1. The van der Waals surface area contributed by atoms with Gasteiger partial charge in [-0.3, -0.25) is 0 Å². The molecule has 0 amide bonds. The molecule has 21 heavy (non-hydrogen) atoms. The lowest BCUT2D eigenvalue weighted by atomic mass is 10.1. The highest BCUT2D eigenvalue weighted by Gasteiger charge is 2.21. The molecule has 1 aromatic heterocycles. The van der Waals surface area contributed by atoms with Crippen molar-refractivity contribution in [2.45, 2.75) is 6.92 Å². The van der Waals surface area contributed by atoms with Gasteiger partial charge in [0.15, 0.2) is 5.70 Å². The zero-order valence-electron chi connectivity index (χ0n) is 11.4. The topological polar surface area (TPSA) is 38.7 Å². The second-order valence-corrected chi connectivity index (χ2v) is 5.61. The first-order chi connectivity index (χ1) is 10.2. The molecule has 1 aliphatic heterocycles. The van der Waals surface area contributed by atoms with Gasteiger partial charge in [0.25, 0.3) is 0 Å². The number of carbonyl (C=O) groups excluding carboxylic acids is 1. The van der Waals surface area contributed by atoms with Crippen LogP contribution < -0.4 is 0 Å². The highest BCUT2D eigenvalue weighted by molar-refractivity contribution is 7.10. The van der Waals surface area contributed by atoms with Gasteiger partial charge in [-0.15, -0.1) is 11.3 Å². The van der Waals surface area contributed by atoms with E-state index < -0.39 is 5.97 Å². The number of hydrogen-bond acceptors (Lipinski definition) is 4. The van der Waals surface area contributed by atoms with Crippen LogP contribution in [0.5, 0.6) is 0 Å². The Bertz CT molecular complexity index is 738. The number of thiophene rings is 1. The molecule has 0 spiro atoms. The fourth-order valence-electron chi connectivity index (χ4n) is 1.85. The molecule has 1 aromatic carbocycles. The van der Waals surface area contributed by atoms with Crippen molar-refractivity contribution >= 4 is 35.4 Å². The lowest BCUT2D eigenvalue weighted by Gasteiger charge is -1.94. The zero-order chi connectivity index (χ0) is 14.7. The number of cyclic esters (lactones) is 1. The minimum atomic E-state index is -0.410. The van der Waals surface area contributed by atoms with Crippen molar-refractivity contribution in [3.05, 3.63) is 69.6 Å². The van der Waals surface area contributed by atoms with E-state index in [1.807, 2.05) is 54.8 Å². The molecule has 0 fully saturated rings.